The number of thiophene rings is 1. The third-order valence-electron chi connectivity index (χ3n) is 7.40. The molecule has 0 bridgehead atoms. The minimum atomic E-state index is -1.11. The summed E-state index contributed by atoms with van der Waals surface area (Å²) in [5.74, 6) is 5.18. The van der Waals surface area contributed by atoms with Crippen molar-refractivity contribution in [2.24, 2.45) is 17.3 Å². The van der Waals surface area contributed by atoms with Gasteiger partial charge in [0.15, 0.2) is 0 Å². The number of likely N-dealkylation sites (N-methyl/N-ethyl adjacent to an activating group) is 1. The Labute approximate surface area is 225 Å². The van der Waals surface area contributed by atoms with Gasteiger partial charge in [0, 0.05) is 37.6 Å². The van der Waals surface area contributed by atoms with Crippen molar-refractivity contribution in [3.05, 3.63) is 15.8 Å². The van der Waals surface area contributed by atoms with Crippen molar-refractivity contribution in [3.63, 3.8) is 0 Å². The summed E-state index contributed by atoms with van der Waals surface area (Å²) in [6.07, 6.45) is 5.29. The van der Waals surface area contributed by atoms with Crippen molar-refractivity contribution in [1.29, 1.82) is 0 Å². The third kappa shape index (κ3) is 7.36. The van der Waals surface area contributed by atoms with E-state index < -0.39 is 12.0 Å². The second-order valence-electron chi connectivity index (χ2n) is 11.5. The molecule has 2 heterocycles. The van der Waals surface area contributed by atoms with Gasteiger partial charge in [-0.1, -0.05) is 25.7 Å². The summed E-state index contributed by atoms with van der Waals surface area (Å²) < 4.78 is 5.47. The number of hydrogen-bond donors (Lipinski definition) is 1. The molecule has 1 saturated carbocycles. The maximum Gasteiger partial charge on any atom is 0.348 e. The van der Waals surface area contributed by atoms with Gasteiger partial charge in [0.05, 0.1) is 10.6 Å². The number of aromatic carboxylic acids is 1. The van der Waals surface area contributed by atoms with E-state index in [1.54, 1.807) is 18.0 Å². The lowest BCUT2D eigenvalue weighted by Crippen LogP contribution is -2.54. The number of anilines is 1. The number of carbonyl (C=O) groups excluding carboxylic acids is 2. The van der Waals surface area contributed by atoms with Crippen LogP contribution in [0.25, 0.3) is 0 Å². The van der Waals surface area contributed by atoms with Gasteiger partial charge in [0.1, 0.15) is 10.9 Å². The predicted octanol–water partition coefficient (Wildman–Crippen LogP) is 5.42. The molecule has 2 amide bonds. The highest BCUT2D eigenvalue weighted by Crippen LogP contribution is 2.37. The first kappa shape index (κ1) is 29.2. The van der Waals surface area contributed by atoms with Crippen molar-refractivity contribution in [2.75, 3.05) is 25.2 Å². The zero-order valence-electron chi connectivity index (χ0n) is 23.1. The molecule has 0 aromatic carbocycles. The molecule has 1 N–H and O–H groups in total. The van der Waals surface area contributed by atoms with Gasteiger partial charge in [-0.2, -0.15) is 0 Å². The number of carboxylic acid groups (broad SMARTS) is 1. The number of nitrogens with zero attached hydrogens (tertiary/aromatic N) is 2. The van der Waals surface area contributed by atoms with E-state index >= 15 is 0 Å². The average Bonchev–Trinajstić information content (AvgIpc) is 3.29. The van der Waals surface area contributed by atoms with Crippen LogP contribution in [0.15, 0.2) is 6.07 Å². The summed E-state index contributed by atoms with van der Waals surface area (Å²) in [7, 11) is 1.79. The van der Waals surface area contributed by atoms with Crippen LogP contribution in [-0.4, -0.2) is 60.1 Å². The fourth-order valence-corrected chi connectivity index (χ4v) is 5.96. The maximum atomic E-state index is 14.1. The standard InChI is InChI=1S/C29H42N2O5S/c1-7-23(27(33)30(6)21-13-16-36-17-14-21)31(26(32)20-10-8-19(2)9-11-20)24-18-22(12-15-29(3,4)5)37-25(24)28(34)35/h18-21,23H,7-11,13-14,16-17H2,1-6H3,(H,34,35)/t19?,20?,23-/m0/s1. The van der Waals surface area contributed by atoms with E-state index in [0.29, 0.717) is 36.1 Å². The van der Waals surface area contributed by atoms with Gasteiger partial charge in [-0.05, 0) is 77.7 Å². The lowest BCUT2D eigenvalue weighted by Gasteiger charge is -2.39. The van der Waals surface area contributed by atoms with Crippen LogP contribution in [0.2, 0.25) is 0 Å². The lowest BCUT2D eigenvalue weighted by molar-refractivity contribution is -0.137. The molecule has 37 heavy (non-hydrogen) atoms. The minimum Gasteiger partial charge on any atom is -0.477 e. The van der Waals surface area contributed by atoms with Crippen molar-refractivity contribution in [1.82, 2.24) is 4.90 Å². The van der Waals surface area contributed by atoms with Gasteiger partial charge in [-0.3, -0.25) is 14.5 Å². The Hall–Kier alpha value is -2.37. The molecule has 0 unspecified atom stereocenters. The molecule has 1 atom stereocenters. The summed E-state index contributed by atoms with van der Waals surface area (Å²) in [5.41, 5.74) is 0.0378. The fourth-order valence-electron chi connectivity index (χ4n) is 5.12. The molecule has 0 spiro atoms. The van der Waals surface area contributed by atoms with Crippen molar-refractivity contribution in [2.45, 2.75) is 91.6 Å². The number of amides is 2. The normalized spacial score (nSPS) is 21.5. The quantitative estimate of drug-likeness (QED) is 0.476. The molecule has 2 aliphatic rings. The number of carboxylic acids is 1. The summed E-state index contributed by atoms with van der Waals surface area (Å²) >= 11 is 1.07. The Balaban J connectivity index is 2.06. The zero-order chi connectivity index (χ0) is 27.3. The molecule has 1 aromatic rings. The first-order chi connectivity index (χ1) is 17.4. The minimum absolute atomic E-state index is 0.0393. The number of carbonyl (C=O) groups is 3. The summed E-state index contributed by atoms with van der Waals surface area (Å²) in [6.45, 7) is 11.3. The van der Waals surface area contributed by atoms with Crippen molar-refractivity contribution < 1.29 is 24.2 Å². The predicted molar refractivity (Wildman–Crippen MR) is 147 cm³/mol. The van der Waals surface area contributed by atoms with E-state index in [2.05, 4.69) is 18.8 Å². The molecule has 8 heteroatoms. The van der Waals surface area contributed by atoms with Gasteiger partial charge in [-0.25, -0.2) is 4.79 Å². The third-order valence-corrected chi connectivity index (χ3v) is 8.43. The van der Waals surface area contributed by atoms with Crippen molar-refractivity contribution in [3.8, 4) is 11.8 Å². The topological polar surface area (TPSA) is 87.2 Å². The molecular formula is C29H42N2O5S. The maximum absolute atomic E-state index is 14.1. The van der Waals surface area contributed by atoms with Crippen LogP contribution >= 0.6 is 11.3 Å². The highest BCUT2D eigenvalue weighted by Gasteiger charge is 2.40. The zero-order valence-corrected chi connectivity index (χ0v) is 24.0. The number of ether oxygens (including phenoxy) is 1. The van der Waals surface area contributed by atoms with Crippen LogP contribution in [0.4, 0.5) is 5.69 Å². The highest BCUT2D eigenvalue weighted by atomic mass is 32.1. The van der Waals surface area contributed by atoms with E-state index in [1.165, 1.54) is 4.90 Å². The molecule has 1 aromatic heterocycles. The van der Waals surface area contributed by atoms with E-state index in [9.17, 15) is 19.5 Å². The van der Waals surface area contributed by atoms with E-state index in [4.69, 9.17) is 4.74 Å². The second-order valence-corrected chi connectivity index (χ2v) is 12.6. The molecule has 1 aliphatic carbocycles. The summed E-state index contributed by atoms with van der Waals surface area (Å²) in [5, 5.41) is 10.1. The Morgan fingerprint density at radius 2 is 1.76 bits per heavy atom. The van der Waals surface area contributed by atoms with Crippen LogP contribution in [0.1, 0.15) is 94.1 Å². The molecule has 1 saturated heterocycles. The van der Waals surface area contributed by atoms with Gasteiger partial charge in [-0.15, -0.1) is 11.3 Å². The van der Waals surface area contributed by atoms with Gasteiger partial charge < -0.3 is 14.7 Å². The van der Waals surface area contributed by atoms with Crippen LogP contribution in [0, 0.1) is 29.1 Å². The highest BCUT2D eigenvalue weighted by molar-refractivity contribution is 7.15. The first-order valence-corrected chi connectivity index (χ1v) is 14.3. The largest absolute Gasteiger partial charge is 0.477 e. The molecule has 3 rings (SSSR count). The first-order valence-electron chi connectivity index (χ1n) is 13.5. The van der Waals surface area contributed by atoms with Gasteiger partial charge in [0.25, 0.3) is 0 Å². The van der Waals surface area contributed by atoms with Crippen LogP contribution < -0.4 is 4.90 Å². The lowest BCUT2D eigenvalue weighted by atomic mass is 9.82. The van der Waals surface area contributed by atoms with E-state index in [-0.39, 0.29) is 34.1 Å². The monoisotopic (exact) mass is 530 g/mol. The SMILES string of the molecule is CC[C@@H](C(=O)N(C)C1CCOCC1)N(C(=O)C1CCC(C)CC1)c1cc(C#CC(C)(C)C)sc1C(=O)O. The summed E-state index contributed by atoms with van der Waals surface area (Å²) in [4.78, 5) is 44.3. The van der Waals surface area contributed by atoms with Crippen LogP contribution in [0.5, 0.6) is 0 Å². The van der Waals surface area contributed by atoms with Gasteiger partial charge in [0.2, 0.25) is 11.8 Å². The molecule has 7 nitrogen and oxygen atoms in total. The Kier molecular flexibility index (Phi) is 9.82. The molecule has 204 valence electrons. The van der Waals surface area contributed by atoms with E-state index in [0.717, 1.165) is 49.9 Å². The fraction of sp³-hybridized carbons (Fsp3) is 0.690. The second kappa shape index (κ2) is 12.4. The van der Waals surface area contributed by atoms with E-state index in [1.807, 2.05) is 27.7 Å². The molecule has 2 fully saturated rings. The van der Waals surface area contributed by atoms with Crippen molar-refractivity contribution >= 4 is 34.8 Å². The molecular weight excluding hydrogens is 488 g/mol. The Morgan fingerprint density at radius 1 is 1.14 bits per heavy atom. The number of hydrogen-bond acceptors (Lipinski definition) is 5. The summed E-state index contributed by atoms with van der Waals surface area (Å²) in [6, 6.07) is 0.953. The molecule has 1 aliphatic heterocycles. The number of rotatable bonds is 7. The average molecular weight is 531 g/mol. The van der Waals surface area contributed by atoms with Crippen LogP contribution in [-0.2, 0) is 14.3 Å². The van der Waals surface area contributed by atoms with Gasteiger partial charge >= 0.3 is 5.97 Å². The Bertz CT molecular complexity index is 1030. The smallest absolute Gasteiger partial charge is 0.348 e. The molecule has 0 radical (unpaired) electrons. The Morgan fingerprint density at radius 3 is 2.30 bits per heavy atom. The van der Waals surface area contributed by atoms with Crippen LogP contribution in [0.3, 0.4) is 0 Å².